The van der Waals surface area contributed by atoms with Gasteiger partial charge in [0, 0.05) is 30.0 Å². The number of anilines is 1. The highest BCUT2D eigenvalue weighted by Crippen LogP contribution is 2.29. The summed E-state index contributed by atoms with van der Waals surface area (Å²) in [6.07, 6.45) is 2.49. The summed E-state index contributed by atoms with van der Waals surface area (Å²) in [5, 5.41) is 14.5. The number of hydrogen-bond donors (Lipinski definition) is 1. The zero-order valence-corrected chi connectivity index (χ0v) is 12.3. The molecule has 0 aliphatic carbocycles. The van der Waals surface area contributed by atoms with Gasteiger partial charge in [0.15, 0.2) is 0 Å². The summed E-state index contributed by atoms with van der Waals surface area (Å²) in [6, 6.07) is 5.70. The lowest BCUT2D eigenvalue weighted by atomic mass is 9.93. The van der Waals surface area contributed by atoms with Gasteiger partial charge in [-0.3, -0.25) is 10.1 Å². The largest absolute Gasteiger partial charge is 0.382 e. The van der Waals surface area contributed by atoms with Crippen LogP contribution in [-0.2, 0) is 11.2 Å². The molecule has 0 spiro atoms. The monoisotopic (exact) mass is 278 g/mol. The van der Waals surface area contributed by atoms with E-state index >= 15 is 0 Å². The van der Waals surface area contributed by atoms with Gasteiger partial charge in [-0.15, -0.1) is 0 Å². The number of nitro groups is 1. The molecule has 0 radical (unpaired) electrons. The van der Waals surface area contributed by atoms with E-state index in [0.29, 0.717) is 12.5 Å². The highest BCUT2D eigenvalue weighted by atomic mass is 16.6. The minimum atomic E-state index is -0.308. The molecule has 1 aromatic carbocycles. The van der Waals surface area contributed by atoms with Gasteiger partial charge in [-0.25, -0.2) is 0 Å². The molecule has 1 heterocycles. The molecule has 1 fully saturated rings. The summed E-state index contributed by atoms with van der Waals surface area (Å²) >= 11 is 0. The molecule has 5 nitrogen and oxygen atoms in total. The van der Waals surface area contributed by atoms with Gasteiger partial charge >= 0.3 is 0 Å². The number of nitrogens with zero attached hydrogens (tertiary/aromatic N) is 1. The molecule has 0 aromatic heterocycles. The van der Waals surface area contributed by atoms with E-state index < -0.39 is 0 Å². The van der Waals surface area contributed by atoms with Crippen molar-refractivity contribution >= 4 is 11.4 Å². The molecular formula is C15H22N2O3. The van der Waals surface area contributed by atoms with Gasteiger partial charge in [-0.2, -0.15) is 0 Å². The summed E-state index contributed by atoms with van der Waals surface area (Å²) < 4.78 is 5.68. The molecule has 5 heteroatoms. The van der Waals surface area contributed by atoms with E-state index in [4.69, 9.17) is 4.74 Å². The van der Waals surface area contributed by atoms with Gasteiger partial charge in [-0.05, 0) is 39.2 Å². The van der Waals surface area contributed by atoms with Gasteiger partial charge in [0.2, 0.25) is 0 Å². The van der Waals surface area contributed by atoms with Crippen LogP contribution >= 0.6 is 0 Å². The molecule has 110 valence electrons. The summed E-state index contributed by atoms with van der Waals surface area (Å²) in [5.74, 6) is 0. The van der Waals surface area contributed by atoms with Crippen LogP contribution in [0.2, 0.25) is 0 Å². The van der Waals surface area contributed by atoms with Gasteiger partial charge in [0.25, 0.3) is 5.69 Å². The van der Waals surface area contributed by atoms with E-state index in [2.05, 4.69) is 19.2 Å². The fourth-order valence-electron chi connectivity index (χ4n) is 2.71. The summed E-state index contributed by atoms with van der Waals surface area (Å²) in [5.41, 5.74) is 1.65. The van der Waals surface area contributed by atoms with Crippen LogP contribution < -0.4 is 5.32 Å². The molecule has 1 aromatic rings. The Hall–Kier alpha value is -1.62. The fourth-order valence-corrected chi connectivity index (χ4v) is 2.71. The van der Waals surface area contributed by atoms with Crippen LogP contribution in [0.1, 0.15) is 39.2 Å². The molecule has 1 N–H and O–H groups in total. The van der Waals surface area contributed by atoms with E-state index in [1.54, 1.807) is 6.07 Å². The van der Waals surface area contributed by atoms with Crippen LogP contribution in [0.15, 0.2) is 18.2 Å². The second-order valence-electron chi connectivity index (χ2n) is 5.90. The number of nitrogens with one attached hydrogen (secondary N) is 1. The van der Waals surface area contributed by atoms with E-state index in [0.717, 1.165) is 30.7 Å². The number of aryl methyl sites for hydroxylation is 1. The lowest BCUT2D eigenvalue weighted by Crippen LogP contribution is -2.40. The van der Waals surface area contributed by atoms with E-state index in [1.807, 2.05) is 19.1 Å². The Bertz CT molecular complexity index is 500. The van der Waals surface area contributed by atoms with Crippen LogP contribution in [0.3, 0.4) is 0 Å². The lowest BCUT2D eigenvalue weighted by molar-refractivity contribution is -0.385. The maximum Gasteiger partial charge on any atom is 0.274 e. The zero-order valence-electron chi connectivity index (χ0n) is 12.3. The van der Waals surface area contributed by atoms with Crippen LogP contribution in [0, 0.1) is 10.1 Å². The predicted molar refractivity (Wildman–Crippen MR) is 79.2 cm³/mol. The van der Waals surface area contributed by atoms with Gasteiger partial charge in [0.05, 0.1) is 10.5 Å². The van der Waals surface area contributed by atoms with Crippen LogP contribution in [-0.4, -0.2) is 23.2 Å². The number of nitro benzene ring substituents is 1. The van der Waals surface area contributed by atoms with Crippen LogP contribution in [0.5, 0.6) is 0 Å². The Kier molecular flexibility index (Phi) is 4.28. The van der Waals surface area contributed by atoms with Crippen LogP contribution in [0.25, 0.3) is 0 Å². The molecule has 1 saturated heterocycles. The molecule has 0 saturated carbocycles. The Morgan fingerprint density at radius 2 is 2.25 bits per heavy atom. The van der Waals surface area contributed by atoms with Crippen molar-refractivity contribution in [1.82, 2.24) is 0 Å². The second-order valence-corrected chi connectivity index (χ2v) is 5.90. The van der Waals surface area contributed by atoms with Crippen molar-refractivity contribution < 1.29 is 9.66 Å². The second kappa shape index (κ2) is 5.79. The first-order valence-electron chi connectivity index (χ1n) is 7.09. The summed E-state index contributed by atoms with van der Waals surface area (Å²) in [4.78, 5) is 10.8. The smallest absolute Gasteiger partial charge is 0.274 e. The summed E-state index contributed by atoms with van der Waals surface area (Å²) in [6.45, 7) is 6.79. The van der Waals surface area contributed by atoms with Crippen molar-refractivity contribution in [3.63, 3.8) is 0 Å². The standard InChI is InChI=1S/C15H22N2O3/c1-4-11-5-6-12(9-14(11)17(18)19)16-13-7-8-20-15(2,3)10-13/h5-6,9,13,16H,4,7-8,10H2,1-3H3. The van der Waals surface area contributed by atoms with Gasteiger partial charge < -0.3 is 10.1 Å². The lowest BCUT2D eigenvalue weighted by Gasteiger charge is -2.36. The first kappa shape index (κ1) is 14.8. The Morgan fingerprint density at radius 1 is 1.50 bits per heavy atom. The highest BCUT2D eigenvalue weighted by Gasteiger charge is 2.29. The highest BCUT2D eigenvalue weighted by molar-refractivity contribution is 5.55. The van der Waals surface area contributed by atoms with Gasteiger partial charge in [-0.1, -0.05) is 13.0 Å². The molecule has 1 atom stereocenters. The minimum Gasteiger partial charge on any atom is -0.382 e. The predicted octanol–water partition coefficient (Wildman–Crippen LogP) is 3.53. The SMILES string of the molecule is CCc1ccc(NC2CCOC(C)(C)C2)cc1[N+](=O)[O-]. The molecule has 20 heavy (non-hydrogen) atoms. The third-order valence-electron chi connectivity index (χ3n) is 3.73. The average molecular weight is 278 g/mol. The first-order valence-corrected chi connectivity index (χ1v) is 7.09. The van der Waals surface area contributed by atoms with E-state index in [1.165, 1.54) is 0 Å². The van der Waals surface area contributed by atoms with E-state index in [9.17, 15) is 10.1 Å². The number of ether oxygens (including phenoxy) is 1. The molecule has 0 amide bonds. The third-order valence-corrected chi connectivity index (χ3v) is 3.73. The van der Waals surface area contributed by atoms with Crippen molar-refractivity contribution in [2.75, 3.05) is 11.9 Å². The Labute approximate surface area is 119 Å². The fraction of sp³-hybridized carbons (Fsp3) is 0.600. The van der Waals surface area contributed by atoms with E-state index in [-0.39, 0.29) is 16.2 Å². The van der Waals surface area contributed by atoms with Gasteiger partial charge in [0.1, 0.15) is 0 Å². The number of rotatable bonds is 4. The first-order chi connectivity index (χ1) is 9.41. The van der Waals surface area contributed by atoms with Crippen molar-refractivity contribution in [3.05, 3.63) is 33.9 Å². The topological polar surface area (TPSA) is 64.4 Å². The van der Waals surface area contributed by atoms with Crippen molar-refractivity contribution in [1.29, 1.82) is 0 Å². The van der Waals surface area contributed by atoms with Crippen molar-refractivity contribution in [3.8, 4) is 0 Å². The number of hydrogen-bond acceptors (Lipinski definition) is 4. The molecule has 2 rings (SSSR count). The van der Waals surface area contributed by atoms with Crippen molar-refractivity contribution in [2.24, 2.45) is 0 Å². The average Bonchev–Trinajstić information content (AvgIpc) is 2.37. The molecule has 1 aliphatic heterocycles. The minimum absolute atomic E-state index is 0.134. The third kappa shape index (κ3) is 3.48. The maximum atomic E-state index is 11.1. The number of benzene rings is 1. The molecular weight excluding hydrogens is 256 g/mol. The Morgan fingerprint density at radius 3 is 2.85 bits per heavy atom. The van der Waals surface area contributed by atoms with Crippen molar-refractivity contribution in [2.45, 2.75) is 51.7 Å². The molecule has 0 bridgehead atoms. The maximum absolute atomic E-state index is 11.1. The molecule has 1 unspecified atom stereocenters. The zero-order chi connectivity index (χ0) is 14.8. The normalized spacial score (nSPS) is 21.4. The van der Waals surface area contributed by atoms with Crippen LogP contribution in [0.4, 0.5) is 11.4 Å². The quantitative estimate of drug-likeness (QED) is 0.676. The summed E-state index contributed by atoms with van der Waals surface area (Å²) in [7, 11) is 0. The Balaban J connectivity index is 2.13. The molecule has 1 aliphatic rings.